The number of aromatic nitrogens is 1. The molecule has 3 aromatic rings. The smallest absolute Gasteiger partial charge is 0.222 e. The van der Waals surface area contributed by atoms with Crippen molar-refractivity contribution in [2.45, 2.75) is 38.6 Å². The fraction of sp³-hybridized carbons (Fsp3) is 0.310. The Morgan fingerprint density at radius 3 is 2.81 bits per heavy atom. The first-order valence-electron chi connectivity index (χ1n) is 12.6. The fourth-order valence-corrected chi connectivity index (χ4v) is 4.20. The third kappa shape index (κ3) is 7.79. The summed E-state index contributed by atoms with van der Waals surface area (Å²) in [5.74, 6) is 0.197. The summed E-state index contributed by atoms with van der Waals surface area (Å²) in [4.78, 5) is 16.6. The first kappa shape index (κ1) is 26.2. The summed E-state index contributed by atoms with van der Waals surface area (Å²) in [5, 5.41) is 9.80. The second-order valence-corrected chi connectivity index (χ2v) is 9.20. The first-order valence-corrected chi connectivity index (χ1v) is 12.6. The number of nitrogens with zero attached hydrogens (tertiary/aromatic N) is 1. The minimum absolute atomic E-state index is 0.00258. The van der Waals surface area contributed by atoms with E-state index in [1.54, 1.807) is 12.3 Å². The van der Waals surface area contributed by atoms with Gasteiger partial charge in [-0.1, -0.05) is 30.4 Å². The van der Waals surface area contributed by atoms with Crippen LogP contribution in [0.3, 0.4) is 0 Å². The van der Waals surface area contributed by atoms with Crippen LogP contribution in [0.1, 0.15) is 42.9 Å². The number of hydrogen-bond donors (Lipinski definition) is 4. The minimum Gasteiger partial charge on any atom is -0.384 e. The van der Waals surface area contributed by atoms with Gasteiger partial charge in [0, 0.05) is 54.1 Å². The zero-order chi connectivity index (χ0) is 26.0. The average Bonchev–Trinajstić information content (AvgIpc) is 2.87. The van der Waals surface area contributed by atoms with Crippen LogP contribution in [-0.2, 0) is 16.0 Å². The zero-order valence-electron chi connectivity index (χ0n) is 21.1. The molecule has 0 bridgehead atoms. The second kappa shape index (κ2) is 12.9. The molecule has 2 heterocycles. The molecule has 8 heteroatoms. The van der Waals surface area contributed by atoms with Crippen molar-refractivity contribution in [3.8, 4) is 0 Å². The number of rotatable bonds is 4. The lowest BCUT2D eigenvalue weighted by Crippen LogP contribution is -2.34. The Bertz CT molecular complexity index is 1230. The topological polar surface area (TPSA) is 101 Å². The lowest BCUT2D eigenvalue weighted by Gasteiger charge is -2.19. The lowest BCUT2D eigenvalue weighted by molar-refractivity contribution is -0.122. The van der Waals surface area contributed by atoms with Gasteiger partial charge in [0.25, 0.3) is 0 Å². The van der Waals surface area contributed by atoms with E-state index in [-0.39, 0.29) is 17.8 Å². The summed E-state index contributed by atoms with van der Waals surface area (Å²) in [6, 6.07) is 14.4. The van der Waals surface area contributed by atoms with Gasteiger partial charge in [-0.3, -0.25) is 4.79 Å². The molecule has 7 nitrogen and oxygen atoms in total. The molecule has 0 fully saturated rings. The highest BCUT2D eigenvalue weighted by atomic mass is 19.1. The molecule has 0 saturated carbocycles. The van der Waals surface area contributed by atoms with E-state index < -0.39 is 0 Å². The van der Waals surface area contributed by atoms with E-state index >= 15 is 0 Å². The Morgan fingerprint density at radius 1 is 1.16 bits per heavy atom. The molecule has 1 aromatic heterocycles. The number of halogens is 1. The van der Waals surface area contributed by atoms with Gasteiger partial charge in [0.15, 0.2) is 0 Å². The molecule has 1 amide bonds. The van der Waals surface area contributed by atoms with Crippen LogP contribution in [0.2, 0.25) is 0 Å². The van der Waals surface area contributed by atoms with Gasteiger partial charge in [0.2, 0.25) is 5.91 Å². The number of anilines is 4. The highest BCUT2D eigenvalue weighted by Gasteiger charge is 2.14. The van der Waals surface area contributed by atoms with Crippen LogP contribution in [0.5, 0.6) is 0 Å². The van der Waals surface area contributed by atoms with Crippen LogP contribution in [0, 0.1) is 5.82 Å². The van der Waals surface area contributed by atoms with Crippen molar-refractivity contribution in [2.75, 3.05) is 36.1 Å². The number of fused-ring (bicyclic) bond motifs is 1. The van der Waals surface area contributed by atoms with Gasteiger partial charge < -0.3 is 26.4 Å². The molecule has 4 rings (SSSR count). The van der Waals surface area contributed by atoms with Gasteiger partial charge in [0.1, 0.15) is 11.6 Å². The summed E-state index contributed by atoms with van der Waals surface area (Å²) >= 11 is 0. The third-order valence-electron chi connectivity index (χ3n) is 6.18. The highest BCUT2D eigenvalue weighted by molar-refractivity contribution is 5.76. The molecule has 0 aliphatic carbocycles. The molecule has 1 unspecified atom stereocenters. The molecule has 37 heavy (non-hydrogen) atoms. The standard InChI is InChI=1S/C29H34FN5O2/c1-20-12-14-32-28-22(5-2-3-15-37-16-13-27(36)34-20)19-33-29(31)26(28)17-21-8-10-24(11-9-21)35-25-7-4-6-23(30)18-25/h2,4-11,18-20,32,35H,3,12-17H2,1H3,(H2,31,33)(H,34,36)/b5-2+. The first-order chi connectivity index (χ1) is 18.0. The van der Waals surface area contributed by atoms with Crippen LogP contribution in [-0.4, -0.2) is 36.7 Å². The molecule has 0 radical (unpaired) electrons. The quantitative estimate of drug-likeness (QED) is 0.387. The molecule has 2 aromatic carbocycles. The van der Waals surface area contributed by atoms with E-state index in [9.17, 15) is 9.18 Å². The maximum Gasteiger partial charge on any atom is 0.222 e. The number of pyridine rings is 1. The van der Waals surface area contributed by atoms with E-state index in [0.717, 1.165) is 40.9 Å². The minimum atomic E-state index is -0.282. The van der Waals surface area contributed by atoms with Crippen LogP contribution >= 0.6 is 0 Å². The van der Waals surface area contributed by atoms with Crippen molar-refractivity contribution in [3.63, 3.8) is 0 Å². The fourth-order valence-electron chi connectivity index (χ4n) is 4.20. The lowest BCUT2D eigenvalue weighted by atomic mass is 10.0. The van der Waals surface area contributed by atoms with E-state index in [2.05, 4.69) is 27.0 Å². The number of benzene rings is 2. The van der Waals surface area contributed by atoms with Crippen molar-refractivity contribution < 1.29 is 13.9 Å². The van der Waals surface area contributed by atoms with Crippen molar-refractivity contribution in [1.82, 2.24) is 10.3 Å². The molecular formula is C29H34FN5O2. The number of carbonyl (C=O) groups excluding carboxylic acids is 1. The zero-order valence-corrected chi connectivity index (χ0v) is 21.1. The maximum atomic E-state index is 13.5. The molecular weight excluding hydrogens is 469 g/mol. The van der Waals surface area contributed by atoms with E-state index in [0.29, 0.717) is 44.1 Å². The van der Waals surface area contributed by atoms with Gasteiger partial charge in [0.05, 0.1) is 18.9 Å². The second-order valence-electron chi connectivity index (χ2n) is 9.20. The van der Waals surface area contributed by atoms with E-state index in [1.165, 1.54) is 12.1 Å². The van der Waals surface area contributed by atoms with Crippen LogP contribution in [0.25, 0.3) is 6.08 Å². The largest absolute Gasteiger partial charge is 0.384 e. The highest BCUT2D eigenvalue weighted by Crippen LogP contribution is 2.29. The number of ether oxygens (including phenoxy) is 1. The summed E-state index contributed by atoms with van der Waals surface area (Å²) < 4.78 is 19.1. The van der Waals surface area contributed by atoms with Crippen molar-refractivity contribution in [1.29, 1.82) is 0 Å². The Morgan fingerprint density at radius 2 is 2.00 bits per heavy atom. The van der Waals surface area contributed by atoms with Crippen molar-refractivity contribution >= 4 is 34.9 Å². The maximum absolute atomic E-state index is 13.5. The number of amides is 1. The van der Waals surface area contributed by atoms with Gasteiger partial charge in [-0.15, -0.1) is 0 Å². The third-order valence-corrected chi connectivity index (χ3v) is 6.18. The monoisotopic (exact) mass is 503 g/mol. The van der Waals surface area contributed by atoms with Crippen LogP contribution in [0.15, 0.2) is 60.8 Å². The Kier molecular flexibility index (Phi) is 9.10. The Hall–Kier alpha value is -3.91. The number of hydrogen-bond acceptors (Lipinski definition) is 6. The molecule has 0 spiro atoms. The van der Waals surface area contributed by atoms with Crippen molar-refractivity contribution in [3.05, 3.63) is 83.3 Å². The molecule has 1 aliphatic rings. The summed E-state index contributed by atoms with van der Waals surface area (Å²) in [5.41, 5.74) is 11.8. The van der Waals surface area contributed by atoms with Crippen LogP contribution < -0.4 is 21.7 Å². The van der Waals surface area contributed by atoms with E-state index in [4.69, 9.17) is 10.5 Å². The molecule has 194 valence electrons. The number of nitrogens with one attached hydrogen (secondary N) is 3. The predicted octanol–water partition coefficient (Wildman–Crippen LogP) is 5.27. The summed E-state index contributed by atoms with van der Waals surface area (Å²) in [6.45, 7) is 3.64. The van der Waals surface area contributed by atoms with Crippen molar-refractivity contribution in [2.24, 2.45) is 0 Å². The number of carbonyl (C=O) groups is 1. The molecule has 1 aliphatic heterocycles. The predicted molar refractivity (Wildman–Crippen MR) is 147 cm³/mol. The van der Waals surface area contributed by atoms with Gasteiger partial charge in [-0.25, -0.2) is 9.37 Å². The Labute approximate surface area is 217 Å². The SMILES string of the molecule is CC1CCNc2c(cnc(N)c2Cc2ccc(Nc3cccc(F)c3)cc2)/C=C/CCOCCC(=O)N1. The number of nitrogens with two attached hydrogens (primary N) is 1. The van der Waals surface area contributed by atoms with Gasteiger partial charge in [-0.2, -0.15) is 0 Å². The molecule has 0 saturated heterocycles. The van der Waals surface area contributed by atoms with Gasteiger partial charge >= 0.3 is 0 Å². The number of nitrogen functional groups attached to an aromatic ring is 1. The molecule has 5 N–H and O–H groups in total. The van der Waals surface area contributed by atoms with Crippen LogP contribution in [0.4, 0.5) is 27.3 Å². The average molecular weight is 504 g/mol. The summed E-state index contributed by atoms with van der Waals surface area (Å²) in [6.07, 6.45) is 8.33. The summed E-state index contributed by atoms with van der Waals surface area (Å²) in [7, 11) is 0. The normalized spacial score (nSPS) is 17.9. The van der Waals surface area contributed by atoms with E-state index in [1.807, 2.05) is 43.3 Å². The Balaban J connectivity index is 1.54. The van der Waals surface area contributed by atoms with Gasteiger partial charge in [-0.05, 0) is 55.7 Å². The molecule has 1 atom stereocenters.